The van der Waals surface area contributed by atoms with E-state index in [9.17, 15) is 19.2 Å². The summed E-state index contributed by atoms with van der Waals surface area (Å²) in [6, 6.07) is 4.47. The zero-order valence-electron chi connectivity index (χ0n) is 21.5. The van der Waals surface area contributed by atoms with Gasteiger partial charge in [0, 0.05) is 42.1 Å². The minimum absolute atomic E-state index is 0.0681. The molecule has 39 heavy (non-hydrogen) atoms. The summed E-state index contributed by atoms with van der Waals surface area (Å²) in [5, 5.41) is 11.8. The van der Waals surface area contributed by atoms with Gasteiger partial charge in [-0.2, -0.15) is 4.94 Å². The second-order valence-electron chi connectivity index (χ2n) is 10.3. The third-order valence-electron chi connectivity index (χ3n) is 7.96. The van der Waals surface area contributed by atoms with Crippen molar-refractivity contribution in [1.29, 1.82) is 0 Å². The van der Waals surface area contributed by atoms with Crippen molar-refractivity contribution in [3.05, 3.63) is 58.2 Å². The lowest BCUT2D eigenvalue weighted by Gasteiger charge is -2.42. The maximum Gasteiger partial charge on any atom is 0.249 e. The number of hydrogen-bond acceptors (Lipinski definition) is 9. The number of carbonyl (C=O) groups excluding carboxylic acids is 2. The molecule has 7 N–H and O–H groups in total. The number of primary amides is 1. The average molecular weight is 560 g/mol. The molecule has 7 atom stereocenters. The molecule has 208 valence electrons. The predicted molar refractivity (Wildman–Crippen MR) is 144 cm³/mol. The number of methoxy groups -OCH3 is 1. The van der Waals surface area contributed by atoms with Gasteiger partial charge < -0.3 is 36.5 Å². The minimum atomic E-state index is -1.97. The van der Waals surface area contributed by atoms with Crippen LogP contribution in [0, 0.1) is 0 Å². The summed E-state index contributed by atoms with van der Waals surface area (Å²) in [5.74, 6) is -0.908. The summed E-state index contributed by atoms with van der Waals surface area (Å²) >= 11 is 0. The molecule has 0 bridgehead atoms. The normalized spacial score (nSPS) is 29.8. The van der Waals surface area contributed by atoms with Gasteiger partial charge in [0.1, 0.15) is 17.5 Å². The number of amides is 1. The van der Waals surface area contributed by atoms with Crippen LogP contribution in [0.5, 0.6) is 5.75 Å². The zero-order chi connectivity index (χ0) is 28.4. The smallest absolute Gasteiger partial charge is 0.249 e. The van der Waals surface area contributed by atoms with Gasteiger partial charge in [-0.3, -0.25) is 9.59 Å². The second-order valence-corrected chi connectivity index (χ2v) is 10.9. The molecule has 0 radical (unpaired) electrons. The van der Waals surface area contributed by atoms with E-state index in [-0.39, 0.29) is 36.3 Å². The Morgan fingerprint density at radius 3 is 2.64 bits per heavy atom. The van der Waals surface area contributed by atoms with Crippen molar-refractivity contribution < 1.29 is 38.4 Å². The maximum absolute atomic E-state index is 13.9. The molecule has 0 aromatic heterocycles. The first-order valence-corrected chi connectivity index (χ1v) is 13.0. The highest BCUT2D eigenvalue weighted by atomic mass is 31.0. The highest BCUT2D eigenvalue weighted by Crippen LogP contribution is 2.48. The second kappa shape index (κ2) is 9.92. The van der Waals surface area contributed by atoms with Crippen molar-refractivity contribution in [1.82, 2.24) is 0 Å². The molecular weight excluding hydrogens is 528 g/mol. The van der Waals surface area contributed by atoms with Crippen LogP contribution in [0.1, 0.15) is 64.0 Å². The van der Waals surface area contributed by atoms with Crippen LogP contribution < -0.4 is 27.2 Å². The fourth-order valence-corrected chi connectivity index (χ4v) is 6.56. The first-order valence-electron chi connectivity index (χ1n) is 12.4. The van der Waals surface area contributed by atoms with E-state index in [4.69, 9.17) is 31.4 Å². The van der Waals surface area contributed by atoms with Gasteiger partial charge in [0.25, 0.3) is 0 Å². The van der Waals surface area contributed by atoms with Crippen LogP contribution in [0.2, 0.25) is 0 Å². The number of halogens is 1. The van der Waals surface area contributed by atoms with Crippen molar-refractivity contribution in [3.8, 4) is 5.75 Å². The largest absolute Gasteiger partial charge is 0.496 e. The summed E-state index contributed by atoms with van der Waals surface area (Å²) in [7, 11) is 4.06. The number of ketones is 1. The van der Waals surface area contributed by atoms with E-state index in [1.54, 1.807) is 25.1 Å². The quantitative estimate of drug-likeness (QED) is 0.266. The molecule has 2 aromatic rings. The summed E-state index contributed by atoms with van der Waals surface area (Å²) in [5.41, 5.74) is 19.7. The van der Waals surface area contributed by atoms with Gasteiger partial charge in [-0.05, 0) is 39.5 Å². The minimum Gasteiger partial charge on any atom is -0.496 e. The standard InChI is InChI=1S/C27H31FN3O7P/c1-10-12-5-4-6-15(35-3)20(12)23(32)21-18(10)25(39)13-8-27(34,26(31)33)9-16(19(13)22(21)30)37-17-7-14(29)24(38-28)11(2)36-17/h4-6,11,14,16-17,24,34H,1,7-9,29-30,39H2,2-3H3,(H2,31,33)/t11-,14-,16-,17-,24+,27-/m0/s1. The third-order valence-corrected chi connectivity index (χ3v) is 8.60. The van der Waals surface area contributed by atoms with Crippen LogP contribution >= 0.6 is 9.24 Å². The molecule has 1 saturated heterocycles. The molecule has 12 heteroatoms. The molecular formula is C27H31FN3O7P. The van der Waals surface area contributed by atoms with Gasteiger partial charge >= 0.3 is 0 Å². The zero-order valence-corrected chi connectivity index (χ0v) is 22.7. The van der Waals surface area contributed by atoms with E-state index in [2.05, 4.69) is 20.8 Å². The Balaban J connectivity index is 1.66. The Hall–Kier alpha value is -2.92. The number of fused-ring (bicyclic) bond motifs is 3. The number of anilines is 1. The first-order chi connectivity index (χ1) is 18.4. The highest BCUT2D eigenvalue weighted by molar-refractivity contribution is 7.28. The Labute approximate surface area is 226 Å². The average Bonchev–Trinajstić information content (AvgIpc) is 2.88. The first kappa shape index (κ1) is 27.6. The number of rotatable bonds is 5. The summed E-state index contributed by atoms with van der Waals surface area (Å²) in [6.45, 7) is 5.83. The number of hydrogen-bond donors (Lipinski definition) is 4. The lowest BCUT2D eigenvalue weighted by Crippen LogP contribution is -2.54. The van der Waals surface area contributed by atoms with Gasteiger partial charge in [0.15, 0.2) is 12.1 Å². The Morgan fingerprint density at radius 2 is 2.03 bits per heavy atom. The monoisotopic (exact) mass is 559 g/mol. The molecule has 1 heterocycles. The number of aliphatic hydroxyl groups is 1. The van der Waals surface area contributed by atoms with Crippen LogP contribution in [0.15, 0.2) is 24.8 Å². The fraction of sp³-hybridized carbons (Fsp3) is 0.407. The van der Waals surface area contributed by atoms with E-state index >= 15 is 0 Å². The highest BCUT2D eigenvalue weighted by Gasteiger charge is 2.48. The van der Waals surface area contributed by atoms with Crippen molar-refractivity contribution in [3.63, 3.8) is 0 Å². The van der Waals surface area contributed by atoms with Crippen molar-refractivity contribution >= 4 is 37.5 Å². The molecule has 1 aliphatic heterocycles. The molecule has 1 fully saturated rings. The van der Waals surface area contributed by atoms with E-state index in [0.29, 0.717) is 44.4 Å². The number of nitrogen functional groups attached to an aromatic ring is 1. The van der Waals surface area contributed by atoms with E-state index < -0.39 is 42.2 Å². The summed E-state index contributed by atoms with van der Waals surface area (Å²) in [6.07, 6.45) is -4.01. The molecule has 1 unspecified atom stereocenters. The van der Waals surface area contributed by atoms with Crippen LogP contribution in [-0.4, -0.2) is 54.0 Å². The van der Waals surface area contributed by atoms with Crippen LogP contribution in [0.25, 0.3) is 5.57 Å². The van der Waals surface area contributed by atoms with Gasteiger partial charge in [0.05, 0.1) is 30.4 Å². The molecule has 2 aliphatic carbocycles. The van der Waals surface area contributed by atoms with Crippen molar-refractivity contribution in [2.75, 3.05) is 12.8 Å². The molecule has 5 rings (SSSR count). The van der Waals surface area contributed by atoms with Crippen molar-refractivity contribution in [2.24, 2.45) is 11.5 Å². The number of ether oxygens (including phenoxy) is 3. The van der Waals surface area contributed by atoms with E-state index in [1.165, 1.54) is 7.11 Å². The number of benzene rings is 2. The van der Waals surface area contributed by atoms with Gasteiger partial charge in [-0.1, -0.05) is 18.7 Å². The molecule has 0 saturated carbocycles. The lowest BCUT2D eigenvalue weighted by atomic mass is 9.72. The predicted octanol–water partition coefficient (Wildman–Crippen LogP) is 1.34. The van der Waals surface area contributed by atoms with E-state index in [0.717, 1.165) is 0 Å². The number of nitrogens with two attached hydrogens (primary N) is 3. The maximum atomic E-state index is 13.9. The van der Waals surface area contributed by atoms with Gasteiger partial charge in [0.2, 0.25) is 5.91 Å². The third kappa shape index (κ3) is 4.25. The Kier molecular flexibility index (Phi) is 7.03. The van der Waals surface area contributed by atoms with Gasteiger partial charge in [-0.15, -0.1) is 9.24 Å². The lowest BCUT2D eigenvalue weighted by molar-refractivity contribution is -0.292. The molecule has 1 amide bonds. The van der Waals surface area contributed by atoms with Crippen LogP contribution in [-0.2, 0) is 25.6 Å². The SMILES string of the molecule is C=C1c2cccc(OC)c2C(=O)c2c(N)c3c(c(P)c21)C[C@@](O)(C(N)=O)C[C@@H]3O[C@H]1C[C@H](N)[C@H](OF)[C@H](C)O1. The Bertz CT molecular complexity index is 1390. The summed E-state index contributed by atoms with van der Waals surface area (Å²) in [4.78, 5) is 30.3. The number of carbonyl (C=O) groups is 2. The molecule has 2 aromatic carbocycles. The topological polar surface area (TPSA) is 169 Å². The van der Waals surface area contributed by atoms with Gasteiger partial charge in [-0.25, -0.2) is 0 Å². The summed E-state index contributed by atoms with van der Waals surface area (Å²) < 4.78 is 30.5. The fourth-order valence-electron chi connectivity index (χ4n) is 5.98. The van der Waals surface area contributed by atoms with Crippen LogP contribution in [0.4, 0.5) is 10.2 Å². The van der Waals surface area contributed by atoms with E-state index in [1.807, 2.05) is 0 Å². The molecule has 0 spiro atoms. The molecule has 10 nitrogen and oxygen atoms in total. The van der Waals surface area contributed by atoms with Crippen LogP contribution in [0.3, 0.4) is 0 Å². The van der Waals surface area contributed by atoms with Crippen molar-refractivity contribution in [2.45, 2.75) is 62.4 Å². The molecule has 3 aliphatic rings. The Morgan fingerprint density at radius 1 is 1.31 bits per heavy atom.